The lowest BCUT2D eigenvalue weighted by molar-refractivity contribution is -0.154. The molecule has 3 fully saturated rings. The van der Waals surface area contributed by atoms with Crippen LogP contribution in [-0.2, 0) is 9.59 Å². The van der Waals surface area contributed by atoms with E-state index in [0.717, 1.165) is 25.2 Å². The Kier molecular flexibility index (Phi) is 4.22. The van der Waals surface area contributed by atoms with E-state index in [4.69, 9.17) is 0 Å². The second-order valence-corrected chi connectivity index (χ2v) is 8.91. The second-order valence-electron chi connectivity index (χ2n) is 8.91. The van der Waals surface area contributed by atoms with Crippen LogP contribution in [0, 0.1) is 34.5 Å². The molecule has 0 bridgehead atoms. The average Bonchev–Trinajstić information content (AvgIpc) is 2.82. The van der Waals surface area contributed by atoms with Crippen molar-refractivity contribution in [2.75, 3.05) is 0 Å². The van der Waals surface area contributed by atoms with E-state index >= 15 is 0 Å². The molecule has 3 saturated carbocycles. The predicted octanol–water partition coefficient (Wildman–Crippen LogP) is 4.18. The van der Waals surface area contributed by atoms with Gasteiger partial charge < -0.3 is 10.2 Å². The van der Waals surface area contributed by atoms with Gasteiger partial charge in [0.05, 0.1) is 6.42 Å². The molecule has 4 heteroatoms. The first-order valence-corrected chi connectivity index (χ1v) is 9.20. The standard InChI is InChI=1S/C19H30O4/c1-18-8-3-4-14(18)13-6-5-12(10-16(20)21)19(2,11-17(22)23)15(13)7-9-18/h12-15H,3-11H2,1-2H3,(H,20,21)(H,22,23)/t12-,13+,14-,15+,18-,19+/m1/s1. The van der Waals surface area contributed by atoms with Crippen molar-refractivity contribution in [3.63, 3.8) is 0 Å². The summed E-state index contributed by atoms with van der Waals surface area (Å²) in [5.74, 6) is 0.150. The Morgan fingerprint density at radius 2 is 1.70 bits per heavy atom. The maximum absolute atomic E-state index is 11.5. The molecule has 0 aliphatic heterocycles. The van der Waals surface area contributed by atoms with Crippen molar-refractivity contribution in [2.45, 2.75) is 71.6 Å². The number of fused-ring (bicyclic) bond motifs is 3. The molecule has 0 aromatic rings. The first-order chi connectivity index (χ1) is 10.8. The summed E-state index contributed by atoms with van der Waals surface area (Å²) in [6.07, 6.45) is 8.38. The van der Waals surface area contributed by atoms with Crippen molar-refractivity contribution in [2.24, 2.45) is 34.5 Å². The Morgan fingerprint density at radius 3 is 2.35 bits per heavy atom. The zero-order valence-electron chi connectivity index (χ0n) is 14.4. The molecule has 3 aliphatic rings. The van der Waals surface area contributed by atoms with Crippen LogP contribution in [0.5, 0.6) is 0 Å². The normalized spacial score (nSPS) is 46.0. The fourth-order valence-corrected chi connectivity index (χ4v) is 6.68. The monoisotopic (exact) mass is 322 g/mol. The Balaban J connectivity index is 1.90. The van der Waals surface area contributed by atoms with Gasteiger partial charge in [0.1, 0.15) is 0 Å². The van der Waals surface area contributed by atoms with Crippen LogP contribution in [0.15, 0.2) is 0 Å². The average molecular weight is 322 g/mol. The summed E-state index contributed by atoms with van der Waals surface area (Å²) in [5.41, 5.74) is 0.0853. The summed E-state index contributed by atoms with van der Waals surface area (Å²) >= 11 is 0. The van der Waals surface area contributed by atoms with Crippen LogP contribution in [-0.4, -0.2) is 22.2 Å². The summed E-state index contributed by atoms with van der Waals surface area (Å²) in [4.78, 5) is 22.8. The van der Waals surface area contributed by atoms with Gasteiger partial charge in [-0.05, 0) is 73.0 Å². The van der Waals surface area contributed by atoms with Crippen molar-refractivity contribution in [3.8, 4) is 0 Å². The summed E-state index contributed by atoms with van der Waals surface area (Å²) in [6.45, 7) is 4.50. The number of carbonyl (C=O) groups is 2. The topological polar surface area (TPSA) is 74.6 Å². The van der Waals surface area contributed by atoms with E-state index in [0.29, 0.717) is 17.3 Å². The molecule has 3 aliphatic carbocycles. The van der Waals surface area contributed by atoms with Crippen LogP contribution >= 0.6 is 0 Å². The summed E-state index contributed by atoms with van der Waals surface area (Å²) in [5, 5.41) is 18.7. The van der Waals surface area contributed by atoms with E-state index in [-0.39, 0.29) is 24.2 Å². The molecule has 0 aromatic carbocycles. The van der Waals surface area contributed by atoms with Gasteiger partial charge in [0, 0.05) is 6.42 Å². The molecule has 3 rings (SSSR count). The third kappa shape index (κ3) is 2.78. The molecule has 2 N–H and O–H groups in total. The van der Waals surface area contributed by atoms with Crippen LogP contribution in [0.4, 0.5) is 0 Å². The molecule has 6 atom stereocenters. The maximum atomic E-state index is 11.5. The highest BCUT2D eigenvalue weighted by Crippen LogP contribution is 2.64. The van der Waals surface area contributed by atoms with Gasteiger partial charge in [0.15, 0.2) is 0 Å². The predicted molar refractivity (Wildman–Crippen MR) is 87.0 cm³/mol. The van der Waals surface area contributed by atoms with Gasteiger partial charge in [0.25, 0.3) is 0 Å². The smallest absolute Gasteiger partial charge is 0.303 e. The fourth-order valence-electron chi connectivity index (χ4n) is 6.68. The molecule has 0 saturated heterocycles. The Hall–Kier alpha value is -1.06. The minimum atomic E-state index is -0.786. The number of rotatable bonds is 4. The Labute approximate surface area is 138 Å². The molecule has 0 amide bonds. The molecule has 0 unspecified atom stereocenters. The maximum Gasteiger partial charge on any atom is 0.303 e. The molecular weight excluding hydrogens is 292 g/mol. The van der Waals surface area contributed by atoms with Crippen LogP contribution in [0.25, 0.3) is 0 Å². The van der Waals surface area contributed by atoms with Crippen LogP contribution in [0.1, 0.15) is 71.6 Å². The third-order valence-corrected chi connectivity index (χ3v) is 7.80. The second kappa shape index (κ2) is 5.78. The molecular formula is C19H30O4. The largest absolute Gasteiger partial charge is 0.481 e. The Bertz CT molecular complexity index is 502. The zero-order valence-corrected chi connectivity index (χ0v) is 14.4. The van der Waals surface area contributed by atoms with E-state index in [9.17, 15) is 19.8 Å². The van der Waals surface area contributed by atoms with Gasteiger partial charge in [-0.15, -0.1) is 0 Å². The number of hydrogen-bond donors (Lipinski definition) is 2. The summed E-state index contributed by atoms with van der Waals surface area (Å²) in [7, 11) is 0. The van der Waals surface area contributed by atoms with Gasteiger partial charge in [-0.2, -0.15) is 0 Å². The van der Waals surface area contributed by atoms with Crippen molar-refractivity contribution >= 4 is 11.9 Å². The van der Waals surface area contributed by atoms with Crippen molar-refractivity contribution in [3.05, 3.63) is 0 Å². The molecule has 0 radical (unpaired) electrons. The third-order valence-electron chi connectivity index (χ3n) is 7.80. The minimum Gasteiger partial charge on any atom is -0.481 e. The fraction of sp³-hybridized carbons (Fsp3) is 0.895. The summed E-state index contributed by atoms with van der Waals surface area (Å²) in [6, 6.07) is 0. The van der Waals surface area contributed by atoms with E-state index < -0.39 is 11.9 Å². The Morgan fingerprint density at radius 1 is 0.957 bits per heavy atom. The molecule has 23 heavy (non-hydrogen) atoms. The lowest BCUT2D eigenvalue weighted by Gasteiger charge is -2.58. The highest BCUT2D eigenvalue weighted by Gasteiger charge is 2.57. The van der Waals surface area contributed by atoms with Gasteiger partial charge in [0.2, 0.25) is 0 Å². The number of carboxylic acids is 2. The van der Waals surface area contributed by atoms with E-state index in [1.807, 2.05) is 0 Å². The van der Waals surface area contributed by atoms with Crippen LogP contribution in [0.3, 0.4) is 0 Å². The minimum absolute atomic E-state index is 0.00288. The van der Waals surface area contributed by atoms with Crippen molar-refractivity contribution in [1.82, 2.24) is 0 Å². The van der Waals surface area contributed by atoms with Gasteiger partial charge in [-0.3, -0.25) is 9.59 Å². The highest BCUT2D eigenvalue weighted by atomic mass is 16.4. The first kappa shape index (κ1) is 16.8. The quantitative estimate of drug-likeness (QED) is 0.814. The molecule has 0 heterocycles. The van der Waals surface area contributed by atoms with E-state index in [2.05, 4.69) is 13.8 Å². The van der Waals surface area contributed by atoms with Crippen molar-refractivity contribution < 1.29 is 19.8 Å². The number of hydrogen-bond acceptors (Lipinski definition) is 2. The molecule has 0 spiro atoms. The lowest BCUT2D eigenvalue weighted by Crippen LogP contribution is -2.52. The van der Waals surface area contributed by atoms with Crippen molar-refractivity contribution in [1.29, 1.82) is 0 Å². The first-order valence-electron chi connectivity index (χ1n) is 9.20. The molecule has 4 nitrogen and oxygen atoms in total. The van der Waals surface area contributed by atoms with Gasteiger partial charge in [-0.25, -0.2) is 0 Å². The van der Waals surface area contributed by atoms with E-state index in [1.165, 1.54) is 25.7 Å². The lowest BCUT2D eigenvalue weighted by atomic mass is 9.47. The zero-order chi connectivity index (χ0) is 16.8. The number of carboxylic acid groups (broad SMARTS) is 2. The SMILES string of the molecule is C[C@]12CCC[C@@H]1[C@@H]1CC[C@H](CC(=O)O)[C@](C)(CC(=O)O)[C@H]1CC2. The van der Waals surface area contributed by atoms with Gasteiger partial charge in [-0.1, -0.05) is 20.3 Å². The molecule has 0 aromatic heterocycles. The highest BCUT2D eigenvalue weighted by molar-refractivity contribution is 5.69. The number of aliphatic carboxylic acids is 2. The van der Waals surface area contributed by atoms with Crippen LogP contribution in [0.2, 0.25) is 0 Å². The van der Waals surface area contributed by atoms with E-state index in [1.54, 1.807) is 0 Å². The molecule has 130 valence electrons. The summed E-state index contributed by atoms with van der Waals surface area (Å²) < 4.78 is 0. The van der Waals surface area contributed by atoms with Gasteiger partial charge >= 0.3 is 11.9 Å². The van der Waals surface area contributed by atoms with Crippen LogP contribution < -0.4 is 0 Å².